The van der Waals surface area contributed by atoms with Crippen LogP contribution in [-0.2, 0) is 4.79 Å². The topological polar surface area (TPSA) is 32.3 Å². The highest BCUT2D eigenvalue weighted by Crippen LogP contribution is 2.34. The van der Waals surface area contributed by atoms with E-state index in [4.69, 9.17) is 0 Å². The summed E-state index contributed by atoms with van der Waals surface area (Å²) >= 11 is 0. The molecule has 0 radical (unpaired) electrons. The van der Waals surface area contributed by atoms with Crippen LogP contribution in [0.5, 0.6) is 0 Å². The molecule has 1 heterocycles. The normalized spacial score (nSPS) is 31.6. The fourth-order valence-corrected chi connectivity index (χ4v) is 3.38. The van der Waals surface area contributed by atoms with Gasteiger partial charge in [-0.05, 0) is 38.0 Å². The van der Waals surface area contributed by atoms with E-state index in [0.29, 0.717) is 30.0 Å². The maximum Gasteiger partial charge on any atom is 0.241 e. The largest absolute Gasteiger partial charge is 0.323 e. The molecule has 1 aliphatic carbocycles. The Bertz CT molecular complexity index is 297. The highest BCUT2D eigenvalue weighted by Gasteiger charge is 2.44. The third kappa shape index (κ3) is 2.42. The van der Waals surface area contributed by atoms with Gasteiger partial charge in [-0.3, -0.25) is 10.1 Å². The van der Waals surface area contributed by atoms with E-state index in [1.165, 1.54) is 25.7 Å². The second-order valence-corrected chi connectivity index (χ2v) is 6.35. The zero-order chi connectivity index (χ0) is 13.3. The fraction of sp³-hybridized carbons (Fsp3) is 0.933. The number of amides is 1. The van der Waals surface area contributed by atoms with E-state index in [2.05, 4.69) is 37.9 Å². The van der Waals surface area contributed by atoms with Gasteiger partial charge in [-0.2, -0.15) is 0 Å². The van der Waals surface area contributed by atoms with E-state index in [1.54, 1.807) is 0 Å². The lowest BCUT2D eigenvalue weighted by molar-refractivity contribution is -0.133. The summed E-state index contributed by atoms with van der Waals surface area (Å²) < 4.78 is 0. The van der Waals surface area contributed by atoms with Gasteiger partial charge in [0.05, 0.1) is 12.2 Å². The number of rotatable bonds is 4. The molecule has 2 rings (SSSR count). The first-order valence-electron chi connectivity index (χ1n) is 7.64. The summed E-state index contributed by atoms with van der Waals surface area (Å²) in [5.41, 5.74) is 0. The Balaban J connectivity index is 2.17. The highest BCUT2D eigenvalue weighted by atomic mass is 16.2. The smallest absolute Gasteiger partial charge is 0.241 e. The molecule has 0 spiro atoms. The second kappa shape index (κ2) is 5.60. The maximum atomic E-state index is 12.5. The number of hydrogen-bond acceptors (Lipinski definition) is 2. The van der Waals surface area contributed by atoms with Crippen molar-refractivity contribution >= 4 is 5.91 Å². The molecule has 1 amide bonds. The van der Waals surface area contributed by atoms with Crippen molar-refractivity contribution < 1.29 is 4.79 Å². The van der Waals surface area contributed by atoms with Crippen molar-refractivity contribution in [1.29, 1.82) is 0 Å². The van der Waals surface area contributed by atoms with Crippen molar-refractivity contribution in [3.05, 3.63) is 0 Å². The van der Waals surface area contributed by atoms with Crippen LogP contribution in [0.25, 0.3) is 0 Å². The van der Waals surface area contributed by atoms with Crippen molar-refractivity contribution in [3.8, 4) is 0 Å². The Hall–Kier alpha value is -0.570. The van der Waals surface area contributed by atoms with Crippen LogP contribution in [0.4, 0.5) is 0 Å². The van der Waals surface area contributed by atoms with Crippen molar-refractivity contribution in [2.75, 3.05) is 0 Å². The number of nitrogens with one attached hydrogen (secondary N) is 1. The summed E-state index contributed by atoms with van der Waals surface area (Å²) in [5.74, 6) is 1.53. The van der Waals surface area contributed by atoms with Gasteiger partial charge in [-0.25, -0.2) is 0 Å². The molecule has 3 nitrogen and oxygen atoms in total. The third-order valence-corrected chi connectivity index (χ3v) is 4.88. The van der Waals surface area contributed by atoms with Crippen LogP contribution >= 0.6 is 0 Å². The molecular formula is C15H28N2O. The molecular weight excluding hydrogens is 224 g/mol. The molecule has 104 valence electrons. The van der Waals surface area contributed by atoms with E-state index >= 15 is 0 Å². The van der Waals surface area contributed by atoms with Crippen molar-refractivity contribution in [2.45, 2.75) is 78.0 Å². The van der Waals surface area contributed by atoms with Gasteiger partial charge in [0, 0.05) is 6.04 Å². The quantitative estimate of drug-likeness (QED) is 0.834. The van der Waals surface area contributed by atoms with Gasteiger partial charge in [-0.1, -0.05) is 33.6 Å². The van der Waals surface area contributed by atoms with Gasteiger partial charge in [0.1, 0.15) is 0 Å². The summed E-state index contributed by atoms with van der Waals surface area (Å²) in [6.45, 7) is 8.72. The number of carbonyl (C=O) groups excluding carboxylic acids is 1. The first-order chi connectivity index (χ1) is 8.56. The van der Waals surface area contributed by atoms with Crippen LogP contribution in [0.15, 0.2) is 0 Å². The Morgan fingerprint density at radius 3 is 2.39 bits per heavy atom. The Labute approximate surface area is 111 Å². The fourth-order valence-electron chi connectivity index (χ4n) is 3.38. The molecule has 0 aromatic rings. The Kier molecular flexibility index (Phi) is 4.31. The molecule has 1 aliphatic heterocycles. The second-order valence-electron chi connectivity index (χ2n) is 6.35. The van der Waals surface area contributed by atoms with Crippen molar-refractivity contribution in [1.82, 2.24) is 10.2 Å². The van der Waals surface area contributed by atoms with E-state index in [0.717, 1.165) is 6.42 Å². The van der Waals surface area contributed by atoms with E-state index in [1.807, 2.05) is 0 Å². The Morgan fingerprint density at radius 1 is 1.28 bits per heavy atom. The van der Waals surface area contributed by atoms with Crippen molar-refractivity contribution in [3.63, 3.8) is 0 Å². The standard InChI is InChI=1S/C15H28N2O/c1-5-13-15(18)17(11(4)10(2)3)14(16-13)12-8-6-7-9-12/h10-14,16H,5-9H2,1-4H3. The van der Waals surface area contributed by atoms with Gasteiger partial charge < -0.3 is 4.90 Å². The van der Waals surface area contributed by atoms with Crippen LogP contribution in [0.3, 0.4) is 0 Å². The predicted octanol–water partition coefficient (Wildman–Crippen LogP) is 2.76. The van der Waals surface area contributed by atoms with Gasteiger partial charge in [0.2, 0.25) is 5.91 Å². The first-order valence-corrected chi connectivity index (χ1v) is 7.64. The van der Waals surface area contributed by atoms with Gasteiger partial charge in [0.15, 0.2) is 0 Å². The lowest BCUT2D eigenvalue weighted by Crippen LogP contribution is -2.48. The van der Waals surface area contributed by atoms with Gasteiger partial charge in [0.25, 0.3) is 0 Å². The number of nitrogens with zero attached hydrogens (tertiary/aromatic N) is 1. The van der Waals surface area contributed by atoms with Gasteiger partial charge in [-0.15, -0.1) is 0 Å². The van der Waals surface area contributed by atoms with E-state index < -0.39 is 0 Å². The molecule has 1 N–H and O–H groups in total. The maximum absolute atomic E-state index is 12.5. The molecule has 3 unspecified atom stereocenters. The van der Waals surface area contributed by atoms with E-state index in [-0.39, 0.29) is 6.04 Å². The van der Waals surface area contributed by atoms with Crippen molar-refractivity contribution in [2.24, 2.45) is 11.8 Å². The van der Waals surface area contributed by atoms with Crippen LogP contribution in [0, 0.1) is 11.8 Å². The van der Waals surface area contributed by atoms with Crippen LogP contribution in [-0.4, -0.2) is 29.1 Å². The first kappa shape index (κ1) is 13.9. The summed E-state index contributed by atoms with van der Waals surface area (Å²) in [6, 6.07) is 0.393. The minimum absolute atomic E-state index is 0.0526. The molecule has 3 atom stereocenters. The molecule has 0 aromatic carbocycles. The summed E-state index contributed by atoms with van der Waals surface area (Å²) in [5, 5.41) is 3.59. The molecule has 2 aliphatic rings. The molecule has 0 bridgehead atoms. The minimum atomic E-state index is 0.0526. The summed E-state index contributed by atoms with van der Waals surface area (Å²) in [6.07, 6.45) is 6.42. The minimum Gasteiger partial charge on any atom is -0.323 e. The summed E-state index contributed by atoms with van der Waals surface area (Å²) in [7, 11) is 0. The zero-order valence-corrected chi connectivity index (χ0v) is 12.3. The molecule has 0 aromatic heterocycles. The van der Waals surface area contributed by atoms with Gasteiger partial charge >= 0.3 is 0 Å². The summed E-state index contributed by atoms with van der Waals surface area (Å²) in [4.78, 5) is 14.7. The number of hydrogen-bond donors (Lipinski definition) is 1. The molecule has 1 saturated carbocycles. The van der Waals surface area contributed by atoms with E-state index in [9.17, 15) is 4.79 Å². The SMILES string of the molecule is CCC1NC(C2CCCC2)N(C(C)C(C)C)C1=O. The lowest BCUT2D eigenvalue weighted by atomic mass is 9.99. The van der Waals surface area contributed by atoms with Crippen LogP contribution in [0.1, 0.15) is 59.8 Å². The molecule has 1 saturated heterocycles. The lowest BCUT2D eigenvalue weighted by Gasteiger charge is -2.35. The Morgan fingerprint density at radius 2 is 1.89 bits per heavy atom. The number of carbonyl (C=O) groups is 1. The highest BCUT2D eigenvalue weighted by molar-refractivity contribution is 5.84. The van der Waals surface area contributed by atoms with Crippen LogP contribution < -0.4 is 5.32 Å². The average molecular weight is 252 g/mol. The third-order valence-electron chi connectivity index (χ3n) is 4.88. The zero-order valence-electron chi connectivity index (χ0n) is 12.3. The average Bonchev–Trinajstić information content (AvgIpc) is 2.95. The molecule has 3 heteroatoms. The molecule has 2 fully saturated rings. The molecule has 18 heavy (non-hydrogen) atoms. The predicted molar refractivity (Wildman–Crippen MR) is 74.1 cm³/mol. The monoisotopic (exact) mass is 252 g/mol. The van der Waals surface area contributed by atoms with Crippen LogP contribution in [0.2, 0.25) is 0 Å².